The van der Waals surface area contributed by atoms with Crippen molar-refractivity contribution in [2.45, 2.75) is 10.6 Å². The van der Waals surface area contributed by atoms with Crippen LogP contribution in [-0.2, 0) is 5.75 Å². The van der Waals surface area contributed by atoms with Crippen molar-refractivity contribution in [3.05, 3.63) is 22.1 Å². The number of anilines is 2. The standard InChI is InChI=1S/C9H9N5O2S2/c10-8-12-6(13-9(11)14-8)3-17-4-1-5(7(15)16)18-2-4/h1-2H,3H2,(H,15,16)(H4,10,11,12,13,14). The molecule has 0 atom stereocenters. The minimum Gasteiger partial charge on any atom is -0.477 e. The Balaban J connectivity index is 2.04. The molecule has 0 unspecified atom stereocenters. The van der Waals surface area contributed by atoms with Crippen LogP contribution in [0.15, 0.2) is 16.3 Å². The van der Waals surface area contributed by atoms with Crippen molar-refractivity contribution in [3.8, 4) is 0 Å². The predicted molar refractivity (Wildman–Crippen MR) is 69.5 cm³/mol. The van der Waals surface area contributed by atoms with Crippen LogP contribution in [-0.4, -0.2) is 26.0 Å². The summed E-state index contributed by atoms with van der Waals surface area (Å²) in [6, 6.07) is 1.60. The second kappa shape index (κ2) is 5.19. The number of thioether (sulfide) groups is 1. The summed E-state index contributed by atoms with van der Waals surface area (Å²) in [7, 11) is 0. The second-order valence-electron chi connectivity index (χ2n) is 3.21. The first kappa shape index (κ1) is 12.6. The van der Waals surface area contributed by atoms with Gasteiger partial charge in [-0.2, -0.15) is 15.0 Å². The molecule has 9 heteroatoms. The third-order valence-corrected chi connectivity index (χ3v) is 3.91. The fourth-order valence-electron chi connectivity index (χ4n) is 1.18. The van der Waals surface area contributed by atoms with E-state index in [0.29, 0.717) is 16.5 Å². The van der Waals surface area contributed by atoms with Gasteiger partial charge in [-0.05, 0) is 6.07 Å². The molecule has 0 spiro atoms. The molecule has 2 aromatic heterocycles. The van der Waals surface area contributed by atoms with Crippen molar-refractivity contribution in [1.29, 1.82) is 0 Å². The van der Waals surface area contributed by atoms with E-state index in [9.17, 15) is 4.79 Å². The molecule has 2 rings (SSSR count). The van der Waals surface area contributed by atoms with Crippen molar-refractivity contribution < 1.29 is 9.90 Å². The number of aromatic carboxylic acids is 1. The maximum absolute atomic E-state index is 10.7. The summed E-state index contributed by atoms with van der Waals surface area (Å²) in [5, 5.41) is 10.6. The van der Waals surface area contributed by atoms with Crippen molar-refractivity contribution >= 4 is 41.0 Å². The fraction of sp³-hybridized carbons (Fsp3) is 0.111. The summed E-state index contributed by atoms with van der Waals surface area (Å²) in [4.78, 5) is 23.4. The van der Waals surface area contributed by atoms with E-state index in [1.165, 1.54) is 23.1 Å². The molecule has 94 valence electrons. The lowest BCUT2D eigenvalue weighted by molar-refractivity contribution is 0.0702. The number of nitrogens with two attached hydrogens (primary N) is 2. The summed E-state index contributed by atoms with van der Waals surface area (Å²) >= 11 is 2.59. The van der Waals surface area contributed by atoms with Gasteiger partial charge in [-0.25, -0.2) is 4.79 Å². The SMILES string of the molecule is Nc1nc(N)nc(CSc2csc(C(=O)O)c2)n1. The van der Waals surface area contributed by atoms with Crippen LogP contribution < -0.4 is 11.5 Å². The van der Waals surface area contributed by atoms with Crippen molar-refractivity contribution in [1.82, 2.24) is 15.0 Å². The zero-order valence-electron chi connectivity index (χ0n) is 9.03. The lowest BCUT2D eigenvalue weighted by Crippen LogP contribution is -2.05. The zero-order valence-corrected chi connectivity index (χ0v) is 10.7. The van der Waals surface area contributed by atoms with Gasteiger partial charge in [0.2, 0.25) is 11.9 Å². The number of hydrogen-bond donors (Lipinski definition) is 3. The van der Waals surface area contributed by atoms with E-state index in [1.54, 1.807) is 11.4 Å². The summed E-state index contributed by atoms with van der Waals surface area (Å²) in [6.45, 7) is 0. The molecule has 7 nitrogen and oxygen atoms in total. The topological polar surface area (TPSA) is 128 Å². The quantitative estimate of drug-likeness (QED) is 0.711. The monoisotopic (exact) mass is 283 g/mol. The van der Waals surface area contributed by atoms with Crippen LogP contribution in [0.2, 0.25) is 0 Å². The number of nitrogens with zero attached hydrogens (tertiary/aromatic N) is 3. The molecule has 0 aliphatic heterocycles. The summed E-state index contributed by atoms with van der Waals surface area (Å²) < 4.78 is 0. The van der Waals surface area contributed by atoms with Crippen LogP contribution in [0.5, 0.6) is 0 Å². The van der Waals surface area contributed by atoms with Gasteiger partial charge in [-0.1, -0.05) is 0 Å². The Morgan fingerprint density at radius 1 is 1.33 bits per heavy atom. The van der Waals surface area contributed by atoms with Gasteiger partial charge in [-0.15, -0.1) is 23.1 Å². The maximum atomic E-state index is 10.7. The number of aromatic nitrogens is 3. The summed E-state index contributed by atoms with van der Waals surface area (Å²) in [6.07, 6.45) is 0. The molecule has 0 aliphatic rings. The minimum absolute atomic E-state index is 0.0784. The van der Waals surface area contributed by atoms with Gasteiger partial charge in [0.1, 0.15) is 10.7 Å². The molecule has 0 bridgehead atoms. The number of carboxylic acids is 1. The first-order valence-corrected chi connectivity index (χ1v) is 6.61. The van der Waals surface area contributed by atoms with Crippen LogP contribution in [0.3, 0.4) is 0 Å². The molecule has 2 heterocycles. The molecule has 0 amide bonds. The largest absolute Gasteiger partial charge is 0.477 e. The first-order chi connectivity index (χ1) is 8.54. The van der Waals surface area contributed by atoms with Gasteiger partial charge >= 0.3 is 5.97 Å². The van der Waals surface area contributed by atoms with Gasteiger partial charge in [-0.3, -0.25) is 0 Å². The normalized spacial score (nSPS) is 10.4. The number of carboxylic acid groups (broad SMARTS) is 1. The number of nitrogen functional groups attached to an aromatic ring is 2. The van der Waals surface area contributed by atoms with Crippen molar-refractivity contribution in [2.75, 3.05) is 11.5 Å². The Hall–Kier alpha value is -1.87. The molecule has 0 saturated heterocycles. The zero-order chi connectivity index (χ0) is 13.1. The fourth-order valence-corrected chi connectivity index (χ4v) is 2.90. The van der Waals surface area contributed by atoms with E-state index in [1.807, 2.05) is 0 Å². The number of rotatable bonds is 4. The molecule has 0 fully saturated rings. The number of hydrogen-bond acceptors (Lipinski definition) is 8. The van der Waals surface area contributed by atoms with E-state index in [-0.39, 0.29) is 11.9 Å². The average Bonchev–Trinajstić information content (AvgIpc) is 2.73. The Kier molecular flexibility index (Phi) is 3.63. The molecule has 18 heavy (non-hydrogen) atoms. The Labute approximate surface area is 110 Å². The van der Waals surface area contributed by atoms with Crippen LogP contribution in [0.25, 0.3) is 0 Å². The molecule has 0 radical (unpaired) electrons. The van der Waals surface area contributed by atoms with E-state index in [4.69, 9.17) is 16.6 Å². The lowest BCUT2D eigenvalue weighted by atomic mass is 10.5. The highest BCUT2D eigenvalue weighted by molar-refractivity contribution is 7.98. The molecular weight excluding hydrogens is 274 g/mol. The Bertz CT molecular complexity index is 566. The highest BCUT2D eigenvalue weighted by Gasteiger charge is 2.08. The maximum Gasteiger partial charge on any atom is 0.345 e. The van der Waals surface area contributed by atoms with E-state index in [2.05, 4.69) is 15.0 Å². The summed E-state index contributed by atoms with van der Waals surface area (Å²) in [5.74, 6) is 0.144. The van der Waals surface area contributed by atoms with Gasteiger partial charge in [0, 0.05) is 10.3 Å². The van der Waals surface area contributed by atoms with E-state index < -0.39 is 5.97 Å². The molecule has 0 aliphatic carbocycles. The molecule has 0 aromatic carbocycles. The van der Waals surface area contributed by atoms with Crippen LogP contribution in [0, 0.1) is 0 Å². The number of carbonyl (C=O) groups is 1. The highest BCUT2D eigenvalue weighted by Crippen LogP contribution is 2.27. The molecular formula is C9H9N5O2S2. The average molecular weight is 283 g/mol. The smallest absolute Gasteiger partial charge is 0.345 e. The van der Waals surface area contributed by atoms with Gasteiger partial charge in [0.15, 0.2) is 0 Å². The summed E-state index contributed by atoms with van der Waals surface area (Å²) in [5.41, 5.74) is 10.9. The minimum atomic E-state index is -0.930. The van der Waals surface area contributed by atoms with Crippen LogP contribution in [0.4, 0.5) is 11.9 Å². The lowest BCUT2D eigenvalue weighted by Gasteiger charge is -2.00. The van der Waals surface area contributed by atoms with E-state index >= 15 is 0 Å². The molecule has 2 aromatic rings. The second-order valence-corrected chi connectivity index (χ2v) is 5.17. The third kappa shape index (κ3) is 3.08. The Morgan fingerprint density at radius 3 is 2.56 bits per heavy atom. The number of thiophene rings is 1. The van der Waals surface area contributed by atoms with Crippen molar-refractivity contribution in [2.24, 2.45) is 0 Å². The molecule has 5 N–H and O–H groups in total. The first-order valence-electron chi connectivity index (χ1n) is 4.75. The van der Waals surface area contributed by atoms with Crippen LogP contribution in [0.1, 0.15) is 15.5 Å². The third-order valence-electron chi connectivity index (χ3n) is 1.87. The van der Waals surface area contributed by atoms with Crippen LogP contribution >= 0.6 is 23.1 Å². The highest BCUT2D eigenvalue weighted by atomic mass is 32.2. The predicted octanol–water partition coefficient (Wildman–Crippen LogP) is 1.09. The van der Waals surface area contributed by atoms with Gasteiger partial charge < -0.3 is 16.6 Å². The molecule has 0 saturated carbocycles. The Morgan fingerprint density at radius 2 is 2.00 bits per heavy atom. The van der Waals surface area contributed by atoms with E-state index in [0.717, 1.165) is 4.90 Å². The van der Waals surface area contributed by atoms with Gasteiger partial charge in [0.25, 0.3) is 0 Å². The van der Waals surface area contributed by atoms with Crippen molar-refractivity contribution in [3.63, 3.8) is 0 Å². The van der Waals surface area contributed by atoms with Gasteiger partial charge in [0.05, 0.1) is 5.75 Å².